The van der Waals surface area contributed by atoms with Gasteiger partial charge in [0, 0.05) is 6.04 Å². The van der Waals surface area contributed by atoms with E-state index in [9.17, 15) is 13.2 Å². The van der Waals surface area contributed by atoms with Crippen LogP contribution in [0.15, 0.2) is 24.3 Å². The highest BCUT2D eigenvalue weighted by molar-refractivity contribution is 5.32. The van der Waals surface area contributed by atoms with Crippen molar-refractivity contribution in [1.29, 1.82) is 0 Å². The lowest BCUT2D eigenvalue weighted by molar-refractivity contribution is -0.138. The summed E-state index contributed by atoms with van der Waals surface area (Å²) in [6.45, 7) is 5.82. The van der Waals surface area contributed by atoms with Crippen LogP contribution in [0.2, 0.25) is 0 Å². The highest BCUT2D eigenvalue weighted by atomic mass is 19.4. The normalized spacial score (nSPS) is 15.8. The van der Waals surface area contributed by atoms with Crippen molar-refractivity contribution in [3.8, 4) is 0 Å². The fraction of sp³-hybridized carbons (Fsp3) is 0.538. The molecule has 1 aromatic rings. The van der Waals surface area contributed by atoms with Gasteiger partial charge in [-0.05, 0) is 23.5 Å². The van der Waals surface area contributed by atoms with Gasteiger partial charge in [0.25, 0.3) is 0 Å². The Morgan fingerprint density at radius 2 is 1.67 bits per heavy atom. The molecule has 0 amide bonds. The Kier molecular flexibility index (Phi) is 4.76. The number of nitrogens with one attached hydrogen (secondary N) is 1. The lowest BCUT2D eigenvalue weighted by Crippen LogP contribution is -2.35. The highest BCUT2D eigenvalue weighted by Crippen LogP contribution is 2.37. The molecule has 102 valence electrons. The van der Waals surface area contributed by atoms with Crippen LogP contribution in [0.3, 0.4) is 0 Å². The number of hydrogen-bond acceptors (Lipinski definition) is 2. The Morgan fingerprint density at radius 1 is 1.11 bits per heavy atom. The second-order valence-electron chi connectivity index (χ2n) is 4.83. The molecule has 0 spiro atoms. The van der Waals surface area contributed by atoms with Gasteiger partial charge in [-0.15, -0.1) is 0 Å². The van der Waals surface area contributed by atoms with Crippen LogP contribution in [-0.4, -0.2) is 0 Å². The predicted octanol–water partition coefficient (Wildman–Crippen LogP) is 3.50. The zero-order chi connectivity index (χ0) is 13.9. The molecule has 0 aliphatic rings. The number of benzene rings is 1. The molecule has 0 aromatic heterocycles. The van der Waals surface area contributed by atoms with E-state index in [1.54, 1.807) is 6.07 Å². The molecule has 0 fully saturated rings. The summed E-state index contributed by atoms with van der Waals surface area (Å²) in [6, 6.07) is 5.05. The van der Waals surface area contributed by atoms with Crippen LogP contribution < -0.4 is 11.3 Å². The molecule has 0 saturated heterocycles. The third-order valence-electron chi connectivity index (χ3n) is 3.36. The number of rotatable bonds is 4. The molecule has 18 heavy (non-hydrogen) atoms. The lowest BCUT2D eigenvalue weighted by atomic mass is 9.84. The summed E-state index contributed by atoms with van der Waals surface area (Å²) >= 11 is 0. The van der Waals surface area contributed by atoms with Crippen molar-refractivity contribution < 1.29 is 13.2 Å². The summed E-state index contributed by atoms with van der Waals surface area (Å²) in [5.74, 6) is 5.67. The van der Waals surface area contributed by atoms with Crippen LogP contribution >= 0.6 is 0 Å². The molecule has 0 aliphatic heterocycles. The Labute approximate surface area is 105 Å². The standard InChI is InChI=1S/C13H19F3N2/c1-8(2)9(3)12(18-17)10-6-4-5-7-11(10)13(14,15)16/h4-9,12,18H,17H2,1-3H3. The van der Waals surface area contributed by atoms with E-state index >= 15 is 0 Å². The predicted molar refractivity (Wildman–Crippen MR) is 65.5 cm³/mol. The molecule has 2 unspecified atom stereocenters. The van der Waals surface area contributed by atoms with Gasteiger partial charge in [-0.2, -0.15) is 13.2 Å². The Morgan fingerprint density at radius 3 is 2.11 bits per heavy atom. The van der Waals surface area contributed by atoms with Crippen LogP contribution in [0.25, 0.3) is 0 Å². The van der Waals surface area contributed by atoms with E-state index in [0.717, 1.165) is 6.07 Å². The maximum Gasteiger partial charge on any atom is 0.416 e. The molecule has 0 saturated carbocycles. The van der Waals surface area contributed by atoms with E-state index in [1.807, 2.05) is 20.8 Å². The first-order valence-corrected chi connectivity index (χ1v) is 5.91. The van der Waals surface area contributed by atoms with Gasteiger partial charge in [-0.25, -0.2) is 0 Å². The molecule has 1 aromatic carbocycles. The highest BCUT2D eigenvalue weighted by Gasteiger charge is 2.36. The van der Waals surface area contributed by atoms with Gasteiger partial charge in [0.05, 0.1) is 5.56 Å². The van der Waals surface area contributed by atoms with Crippen LogP contribution in [0.5, 0.6) is 0 Å². The lowest BCUT2D eigenvalue weighted by Gasteiger charge is -2.28. The molecule has 0 heterocycles. The second-order valence-corrected chi connectivity index (χ2v) is 4.83. The first kappa shape index (κ1) is 15.0. The topological polar surface area (TPSA) is 38.0 Å². The number of hydrazine groups is 1. The smallest absolute Gasteiger partial charge is 0.271 e. The maximum absolute atomic E-state index is 12.9. The van der Waals surface area contributed by atoms with E-state index in [1.165, 1.54) is 12.1 Å². The summed E-state index contributed by atoms with van der Waals surface area (Å²) in [5, 5.41) is 0. The molecule has 3 N–H and O–H groups in total. The minimum absolute atomic E-state index is 0.00139. The largest absolute Gasteiger partial charge is 0.416 e. The monoisotopic (exact) mass is 260 g/mol. The van der Waals surface area contributed by atoms with Crippen molar-refractivity contribution in [2.24, 2.45) is 17.7 Å². The van der Waals surface area contributed by atoms with Crippen molar-refractivity contribution in [2.75, 3.05) is 0 Å². The molecule has 0 radical (unpaired) electrons. The van der Waals surface area contributed by atoms with Gasteiger partial charge < -0.3 is 0 Å². The average Bonchev–Trinajstić information content (AvgIpc) is 2.29. The van der Waals surface area contributed by atoms with Gasteiger partial charge in [0.15, 0.2) is 0 Å². The summed E-state index contributed by atoms with van der Waals surface area (Å²) < 4.78 is 38.8. The van der Waals surface area contributed by atoms with Gasteiger partial charge in [-0.3, -0.25) is 11.3 Å². The molecule has 2 atom stereocenters. The molecule has 5 heteroatoms. The van der Waals surface area contributed by atoms with Crippen molar-refractivity contribution >= 4 is 0 Å². The van der Waals surface area contributed by atoms with Crippen molar-refractivity contribution in [3.63, 3.8) is 0 Å². The van der Waals surface area contributed by atoms with E-state index < -0.39 is 17.8 Å². The molecule has 1 rings (SSSR count). The zero-order valence-electron chi connectivity index (χ0n) is 10.8. The number of alkyl halides is 3. The first-order valence-electron chi connectivity index (χ1n) is 5.91. The quantitative estimate of drug-likeness (QED) is 0.642. The van der Waals surface area contributed by atoms with Crippen molar-refractivity contribution in [2.45, 2.75) is 33.0 Å². The third kappa shape index (κ3) is 3.23. The van der Waals surface area contributed by atoms with Gasteiger partial charge >= 0.3 is 6.18 Å². The van der Waals surface area contributed by atoms with E-state index in [2.05, 4.69) is 5.43 Å². The first-order chi connectivity index (χ1) is 8.29. The Balaban J connectivity index is 3.22. The van der Waals surface area contributed by atoms with Crippen LogP contribution in [0.4, 0.5) is 13.2 Å². The minimum atomic E-state index is -4.36. The van der Waals surface area contributed by atoms with E-state index in [-0.39, 0.29) is 17.4 Å². The molecule has 0 bridgehead atoms. The van der Waals surface area contributed by atoms with Crippen LogP contribution in [0, 0.1) is 11.8 Å². The number of hydrogen-bond donors (Lipinski definition) is 2. The number of halogens is 3. The second kappa shape index (κ2) is 5.71. The summed E-state index contributed by atoms with van der Waals surface area (Å²) in [7, 11) is 0. The minimum Gasteiger partial charge on any atom is -0.271 e. The number of nitrogens with two attached hydrogens (primary N) is 1. The maximum atomic E-state index is 12.9. The summed E-state index contributed by atoms with van der Waals surface area (Å²) in [4.78, 5) is 0. The summed E-state index contributed by atoms with van der Waals surface area (Å²) in [6.07, 6.45) is -4.36. The summed E-state index contributed by atoms with van der Waals surface area (Å²) in [5.41, 5.74) is 2.09. The van der Waals surface area contributed by atoms with E-state index in [0.29, 0.717) is 0 Å². The van der Waals surface area contributed by atoms with Crippen LogP contribution in [-0.2, 0) is 6.18 Å². The van der Waals surface area contributed by atoms with Gasteiger partial charge in [0.2, 0.25) is 0 Å². The van der Waals surface area contributed by atoms with E-state index in [4.69, 9.17) is 5.84 Å². The fourth-order valence-electron chi connectivity index (χ4n) is 1.94. The van der Waals surface area contributed by atoms with Crippen LogP contribution in [0.1, 0.15) is 37.9 Å². The fourth-order valence-corrected chi connectivity index (χ4v) is 1.94. The van der Waals surface area contributed by atoms with Gasteiger partial charge in [-0.1, -0.05) is 39.0 Å². The molecule has 2 nitrogen and oxygen atoms in total. The van der Waals surface area contributed by atoms with Gasteiger partial charge in [0.1, 0.15) is 0 Å². The van der Waals surface area contributed by atoms with Crippen molar-refractivity contribution in [1.82, 2.24) is 5.43 Å². The molecule has 0 aliphatic carbocycles. The molecular weight excluding hydrogens is 241 g/mol. The average molecular weight is 260 g/mol. The van der Waals surface area contributed by atoms with Crippen molar-refractivity contribution in [3.05, 3.63) is 35.4 Å². The Hall–Kier alpha value is -1.07. The Bertz CT molecular complexity index is 388. The zero-order valence-corrected chi connectivity index (χ0v) is 10.8. The molecular formula is C13H19F3N2. The SMILES string of the molecule is CC(C)C(C)C(NN)c1ccccc1C(F)(F)F. The third-order valence-corrected chi connectivity index (χ3v) is 3.36.